The van der Waals surface area contributed by atoms with Gasteiger partial charge in [0.1, 0.15) is 13.2 Å². The lowest BCUT2D eigenvalue weighted by atomic mass is 10.1. The number of fused-ring (bicyclic) bond motifs is 1. The Kier molecular flexibility index (Phi) is 4.38. The third kappa shape index (κ3) is 3.30. The van der Waals surface area contributed by atoms with Gasteiger partial charge in [-0.15, -0.1) is 0 Å². The Morgan fingerprint density at radius 3 is 2.62 bits per heavy atom. The highest BCUT2D eigenvalue weighted by Crippen LogP contribution is 2.30. The number of carbonyl (C=O) groups excluding carboxylic acids is 1. The van der Waals surface area contributed by atoms with E-state index in [9.17, 15) is 4.79 Å². The standard InChI is InChI=1S/C20H17N3O3/c24-20(16-5-1-2-6-17(16)23-9-3-4-10-23)22-21-14-15-7-8-18-19(13-15)26-12-11-25-18/h1-10,13-14H,11-12H2,(H,22,24)/b21-14-. The van der Waals surface area contributed by atoms with Gasteiger partial charge in [0.25, 0.3) is 5.91 Å². The van der Waals surface area contributed by atoms with Crippen molar-refractivity contribution >= 4 is 12.1 Å². The van der Waals surface area contributed by atoms with Gasteiger partial charge in [-0.2, -0.15) is 5.10 Å². The fourth-order valence-electron chi connectivity index (χ4n) is 2.75. The molecule has 1 N–H and O–H groups in total. The van der Waals surface area contributed by atoms with E-state index in [0.29, 0.717) is 24.5 Å². The molecule has 26 heavy (non-hydrogen) atoms. The zero-order valence-electron chi connectivity index (χ0n) is 14.0. The molecule has 4 rings (SSSR count). The number of hydrogen-bond donors (Lipinski definition) is 1. The summed E-state index contributed by atoms with van der Waals surface area (Å²) >= 11 is 0. The Morgan fingerprint density at radius 1 is 1.00 bits per heavy atom. The number of carbonyl (C=O) groups is 1. The molecule has 1 aliphatic rings. The van der Waals surface area contributed by atoms with Crippen molar-refractivity contribution in [3.8, 4) is 17.2 Å². The Labute approximate surface area is 150 Å². The zero-order chi connectivity index (χ0) is 17.8. The maximum absolute atomic E-state index is 12.5. The van der Waals surface area contributed by atoms with E-state index >= 15 is 0 Å². The maximum atomic E-state index is 12.5. The summed E-state index contributed by atoms with van der Waals surface area (Å²) in [7, 11) is 0. The van der Waals surface area contributed by atoms with Crippen LogP contribution in [0.15, 0.2) is 72.1 Å². The van der Waals surface area contributed by atoms with E-state index in [1.165, 1.54) is 0 Å². The fourth-order valence-corrected chi connectivity index (χ4v) is 2.75. The number of hydrazone groups is 1. The summed E-state index contributed by atoms with van der Waals surface area (Å²) < 4.78 is 12.9. The Morgan fingerprint density at radius 2 is 1.77 bits per heavy atom. The number of para-hydroxylation sites is 1. The second-order valence-electron chi connectivity index (χ2n) is 5.71. The molecule has 0 aliphatic carbocycles. The summed E-state index contributed by atoms with van der Waals surface area (Å²) in [5.41, 5.74) is 4.73. The predicted molar refractivity (Wildman–Crippen MR) is 98.3 cm³/mol. The molecule has 0 saturated carbocycles. The van der Waals surface area contributed by atoms with Gasteiger partial charge in [0.05, 0.1) is 17.5 Å². The normalized spacial score (nSPS) is 12.9. The number of ether oxygens (including phenoxy) is 2. The van der Waals surface area contributed by atoms with Crippen LogP contribution < -0.4 is 14.9 Å². The highest BCUT2D eigenvalue weighted by Gasteiger charge is 2.12. The average molecular weight is 347 g/mol. The summed E-state index contributed by atoms with van der Waals surface area (Å²) in [6.07, 6.45) is 5.36. The molecule has 0 spiro atoms. The van der Waals surface area contributed by atoms with Gasteiger partial charge >= 0.3 is 0 Å². The molecule has 0 unspecified atom stereocenters. The van der Waals surface area contributed by atoms with Crippen LogP contribution in [0, 0.1) is 0 Å². The average Bonchev–Trinajstić information content (AvgIpc) is 3.22. The smallest absolute Gasteiger partial charge is 0.273 e. The van der Waals surface area contributed by atoms with Gasteiger partial charge in [-0.1, -0.05) is 12.1 Å². The molecule has 0 atom stereocenters. The summed E-state index contributed by atoms with van der Waals surface area (Å²) in [5, 5.41) is 4.06. The van der Waals surface area contributed by atoms with E-state index in [4.69, 9.17) is 9.47 Å². The maximum Gasteiger partial charge on any atom is 0.273 e. The number of aromatic nitrogens is 1. The first-order valence-electron chi connectivity index (χ1n) is 8.27. The first-order valence-corrected chi connectivity index (χ1v) is 8.27. The first-order chi connectivity index (χ1) is 12.8. The third-order valence-electron chi connectivity index (χ3n) is 3.98. The van der Waals surface area contributed by atoms with Gasteiger partial charge < -0.3 is 14.0 Å². The van der Waals surface area contributed by atoms with E-state index in [1.807, 2.05) is 65.5 Å². The monoisotopic (exact) mass is 347 g/mol. The van der Waals surface area contributed by atoms with Crippen molar-refractivity contribution in [1.29, 1.82) is 0 Å². The molecule has 1 amide bonds. The number of nitrogens with one attached hydrogen (secondary N) is 1. The van der Waals surface area contributed by atoms with Gasteiger partial charge in [0.2, 0.25) is 0 Å². The zero-order valence-corrected chi connectivity index (χ0v) is 14.0. The summed E-state index contributed by atoms with van der Waals surface area (Å²) in [6, 6.07) is 16.7. The van der Waals surface area contributed by atoms with Crippen LogP contribution in [0.1, 0.15) is 15.9 Å². The van der Waals surface area contributed by atoms with Crippen LogP contribution in [0.2, 0.25) is 0 Å². The quantitative estimate of drug-likeness (QED) is 0.583. The number of rotatable bonds is 4. The molecule has 2 aromatic carbocycles. The highest BCUT2D eigenvalue weighted by atomic mass is 16.6. The first kappa shape index (κ1) is 16.0. The topological polar surface area (TPSA) is 64.8 Å². The highest BCUT2D eigenvalue weighted by molar-refractivity contribution is 5.98. The van der Waals surface area contributed by atoms with E-state index < -0.39 is 0 Å². The molecule has 1 aliphatic heterocycles. The minimum absolute atomic E-state index is 0.275. The van der Waals surface area contributed by atoms with Crippen LogP contribution in [0.4, 0.5) is 0 Å². The van der Waals surface area contributed by atoms with Gasteiger partial charge in [0, 0.05) is 12.4 Å². The SMILES string of the molecule is O=C(N/N=C\c1ccc2c(c1)OCCO2)c1ccccc1-n1cccc1. The van der Waals surface area contributed by atoms with Crippen molar-refractivity contribution < 1.29 is 14.3 Å². The molecule has 0 saturated heterocycles. The minimum Gasteiger partial charge on any atom is -0.486 e. The molecule has 0 bridgehead atoms. The summed E-state index contributed by atoms with van der Waals surface area (Å²) in [4.78, 5) is 12.5. The van der Waals surface area contributed by atoms with Crippen molar-refractivity contribution in [1.82, 2.24) is 9.99 Å². The number of nitrogens with zero attached hydrogens (tertiary/aromatic N) is 2. The van der Waals surface area contributed by atoms with Crippen LogP contribution >= 0.6 is 0 Å². The van der Waals surface area contributed by atoms with Crippen molar-refractivity contribution in [3.05, 3.63) is 78.1 Å². The van der Waals surface area contributed by atoms with E-state index in [0.717, 1.165) is 17.0 Å². The predicted octanol–water partition coefficient (Wildman–Crippen LogP) is 3.01. The lowest BCUT2D eigenvalue weighted by molar-refractivity contribution is 0.0955. The second kappa shape index (κ2) is 7.14. The Balaban J connectivity index is 1.49. The van der Waals surface area contributed by atoms with Crippen LogP contribution in [0.5, 0.6) is 11.5 Å². The summed E-state index contributed by atoms with van der Waals surface area (Å²) in [6.45, 7) is 1.08. The number of benzene rings is 2. The van der Waals surface area contributed by atoms with Gasteiger partial charge in [-0.25, -0.2) is 5.43 Å². The molecule has 2 heterocycles. The second-order valence-corrected chi connectivity index (χ2v) is 5.71. The molecule has 130 valence electrons. The molecule has 1 aromatic heterocycles. The van der Waals surface area contributed by atoms with E-state index in [1.54, 1.807) is 12.3 Å². The molecule has 0 radical (unpaired) electrons. The molecule has 0 fully saturated rings. The molecular weight excluding hydrogens is 330 g/mol. The number of hydrogen-bond acceptors (Lipinski definition) is 4. The molecule has 6 heteroatoms. The largest absolute Gasteiger partial charge is 0.486 e. The van der Waals surface area contributed by atoms with Crippen LogP contribution in [0.25, 0.3) is 5.69 Å². The fraction of sp³-hybridized carbons (Fsp3) is 0.100. The van der Waals surface area contributed by atoms with Gasteiger partial charge in [-0.3, -0.25) is 4.79 Å². The van der Waals surface area contributed by atoms with Crippen molar-refractivity contribution in [2.45, 2.75) is 0 Å². The Hall–Kier alpha value is -3.54. The molecular formula is C20H17N3O3. The minimum atomic E-state index is -0.275. The third-order valence-corrected chi connectivity index (χ3v) is 3.98. The van der Waals surface area contributed by atoms with Crippen LogP contribution in [-0.2, 0) is 0 Å². The Bertz CT molecular complexity index is 949. The van der Waals surface area contributed by atoms with Crippen LogP contribution in [-0.4, -0.2) is 29.9 Å². The van der Waals surface area contributed by atoms with Gasteiger partial charge in [0.15, 0.2) is 11.5 Å². The molecule has 3 aromatic rings. The summed E-state index contributed by atoms with van der Waals surface area (Å²) in [5.74, 6) is 1.13. The van der Waals surface area contributed by atoms with Crippen molar-refractivity contribution in [2.24, 2.45) is 5.10 Å². The van der Waals surface area contributed by atoms with Gasteiger partial charge in [-0.05, 0) is 48.0 Å². The van der Waals surface area contributed by atoms with Crippen LogP contribution in [0.3, 0.4) is 0 Å². The lowest BCUT2D eigenvalue weighted by Crippen LogP contribution is -2.19. The lowest BCUT2D eigenvalue weighted by Gasteiger charge is -2.18. The molecule has 6 nitrogen and oxygen atoms in total. The van der Waals surface area contributed by atoms with Crippen molar-refractivity contribution in [2.75, 3.05) is 13.2 Å². The number of amides is 1. The van der Waals surface area contributed by atoms with E-state index in [2.05, 4.69) is 10.5 Å². The van der Waals surface area contributed by atoms with E-state index in [-0.39, 0.29) is 5.91 Å². The van der Waals surface area contributed by atoms with Crippen molar-refractivity contribution in [3.63, 3.8) is 0 Å².